The zero-order chi connectivity index (χ0) is 21.0. The van der Waals surface area contributed by atoms with Crippen LogP contribution in [0.1, 0.15) is 24.0 Å². The third-order valence-electron chi connectivity index (χ3n) is 4.98. The Hall–Kier alpha value is -2.09. The van der Waals surface area contributed by atoms with Crippen LogP contribution in [-0.4, -0.2) is 44.4 Å². The highest BCUT2D eigenvalue weighted by atomic mass is 35.5. The van der Waals surface area contributed by atoms with Crippen molar-refractivity contribution in [3.05, 3.63) is 58.6 Å². The van der Waals surface area contributed by atoms with E-state index < -0.39 is 10.0 Å². The van der Waals surface area contributed by atoms with Crippen LogP contribution in [-0.2, 0) is 14.8 Å². The first kappa shape index (κ1) is 21.6. The largest absolute Gasteiger partial charge is 0.484 e. The van der Waals surface area contributed by atoms with Gasteiger partial charge in [0.2, 0.25) is 10.0 Å². The second-order valence-electron chi connectivity index (χ2n) is 7.26. The van der Waals surface area contributed by atoms with Crippen molar-refractivity contribution in [3.8, 4) is 5.75 Å². The molecule has 1 amide bonds. The molecule has 2 aromatic rings. The first-order chi connectivity index (χ1) is 13.8. The maximum absolute atomic E-state index is 12.7. The van der Waals surface area contributed by atoms with Crippen LogP contribution in [0.15, 0.2) is 47.4 Å². The number of carbonyl (C=O) groups excluding carboxylic acids is 1. The quantitative estimate of drug-likeness (QED) is 0.753. The van der Waals surface area contributed by atoms with Gasteiger partial charge in [-0.3, -0.25) is 4.79 Å². The normalized spacial score (nSPS) is 15.8. The minimum atomic E-state index is -3.50. The zero-order valence-corrected chi connectivity index (χ0v) is 18.1. The molecule has 1 N–H and O–H groups in total. The summed E-state index contributed by atoms with van der Waals surface area (Å²) in [6.45, 7) is 4.44. The Morgan fingerprint density at radius 3 is 2.41 bits per heavy atom. The molecule has 0 aromatic heterocycles. The fraction of sp³-hybridized carbons (Fsp3) is 0.381. The predicted octanol–water partition coefficient (Wildman–Crippen LogP) is 3.31. The molecule has 1 aliphatic heterocycles. The lowest BCUT2D eigenvalue weighted by atomic mass is 10.1. The summed E-state index contributed by atoms with van der Waals surface area (Å²) in [5.74, 6) is 0.360. The van der Waals surface area contributed by atoms with E-state index in [9.17, 15) is 13.2 Å². The predicted molar refractivity (Wildman–Crippen MR) is 113 cm³/mol. The molecule has 29 heavy (non-hydrogen) atoms. The number of hydrogen-bond donors (Lipinski definition) is 1. The molecule has 1 saturated heterocycles. The van der Waals surface area contributed by atoms with E-state index in [2.05, 4.69) is 5.32 Å². The summed E-state index contributed by atoms with van der Waals surface area (Å²) in [5.41, 5.74) is 1.90. The number of nitrogens with zero attached hydrogens (tertiary/aromatic N) is 1. The standard InChI is InChI=1S/C21H25ClN2O4S/c1-15-3-6-19(7-4-15)29(26,27)24-11-9-17(10-12-24)23-21(25)14-28-18-5-8-20(22)16(2)13-18/h3-8,13,17H,9-12,14H2,1-2H3,(H,23,25). The SMILES string of the molecule is Cc1ccc(S(=O)(=O)N2CCC(NC(=O)COc3ccc(Cl)c(C)c3)CC2)cc1. The number of nitrogens with one attached hydrogen (secondary N) is 1. The first-order valence-corrected chi connectivity index (χ1v) is 11.3. The van der Waals surface area contributed by atoms with Crippen LogP contribution in [0, 0.1) is 13.8 Å². The van der Waals surface area contributed by atoms with E-state index in [0.29, 0.717) is 41.6 Å². The third kappa shape index (κ3) is 5.50. The average molecular weight is 437 g/mol. The summed E-state index contributed by atoms with van der Waals surface area (Å²) in [7, 11) is -3.50. The van der Waals surface area contributed by atoms with Gasteiger partial charge in [-0.25, -0.2) is 8.42 Å². The number of ether oxygens (including phenoxy) is 1. The average Bonchev–Trinajstić information content (AvgIpc) is 2.70. The van der Waals surface area contributed by atoms with Gasteiger partial charge in [0.15, 0.2) is 6.61 Å². The van der Waals surface area contributed by atoms with Gasteiger partial charge in [-0.1, -0.05) is 29.3 Å². The van der Waals surface area contributed by atoms with Crippen LogP contribution >= 0.6 is 11.6 Å². The minimum Gasteiger partial charge on any atom is -0.484 e. The zero-order valence-electron chi connectivity index (χ0n) is 16.5. The molecular weight excluding hydrogens is 412 g/mol. The topological polar surface area (TPSA) is 75.7 Å². The second kappa shape index (κ2) is 9.15. The molecule has 0 radical (unpaired) electrons. The fourth-order valence-corrected chi connectivity index (χ4v) is 4.81. The van der Waals surface area contributed by atoms with Crippen LogP contribution in [0.3, 0.4) is 0 Å². The van der Waals surface area contributed by atoms with Crippen LogP contribution in [0.2, 0.25) is 5.02 Å². The molecule has 8 heteroatoms. The Balaban J connectivity index is 1.48. The van der Waals surface area contributed by atoms with Crippen LogP contribution in [0.5, 0.6) is 5.75 Å². The maximum atomic E-state index is 12.7. The third-order valence-corrected chi connectivity index (χ3v) is 7.31. The van der Waals surface area contributed by atoms with Gasteiger partial charge in [0, 0.05) is 24.2 Å². The van der Waals surface area contributed by atoms with Crippen LogP contribution in [0.4, 0.5) is 0 Å². The Bertz CT molecular complexity index is 969. The van der Waals surface area contributed by atoms with Gasteiger partial charge >= 0.3 is 0 Å². The van der Waals surface area contributed by atoms with E-state index in [4.69, 9.17) is 16.3 Å². The molecule has 1 heterocycles. The Labute approximate surface area is 176 Å². The van der Waals surface area contributed by atoms with E-state index in [0.717, 1.165) is 11.1 Å². The fourth-order valence-electron chi connectivity index (χ4n) is 3.22. The smallest absolute Gasteiger partial charge is 0.258 e. The Kier molecular flexibility index (Phi) is 6.82. The maximum Gasteiger partial charge on any atom is 0.258 e. The van der Waals surface area contributed by atoms with Gasteiger partial charge in [-0.05, 0) is 62.6 Å². The number of carbonyl (C=O) groups is 1. The van der Waals surface area contributed by atoms with Crippen molar-refractivity contribution in [3.63, 3.8) is 0 Å². The highest BCUT2D eigenvalue weighted by molar-refractivity contribution is 7.89. The molecule has 156 valence electrons. The number of amides is 1. The van der Waals surface area contributed by atoms with E-state index >= 15 is 0 Å². The van der Waals surface area contributed by atoms with Crippen LogP contribution in [0.25, 0.3) is 0 Å². The Morgan fingerprint density at radius 1 is 1.14 bits per heavy atom. The van der Waals surface area contributed by atoms with Gasteiger partial charge in [0.25, 0.3) is 5.91 Å². The van der Waals surface area contributed by atoms with Crippen molar-refractivity contribution in [2.45, 2.75) is 37.6 Å². The van der Waals surface area contributed by atoms with Gasteiger partial charge < -0.3 is 10.1 Å². The number of aryl methyl sites for hydroxylation is 2. The van der Waals surface area contributed by atoms with Gasteiger partial charge in [0.05, 0.1) is 4.90 Å². The number of benzene rings is 2. The lowest BCUT2D eigenvalue weighted by Gasteiger charge is -2.31. The molecular formula is C21H25ClN2O4S. The number of rotatable bonds is 6. The molecule has 1 aliphatic rings. The molecule has 0 unspecified atom stereocenters. The Morgan fingerprint density at radius 2 is 1.79 bits per heavy atom. The van der Waals surface area contributed by atoms with E-state index in [1.807, 2.05) is 13.8 Å². The lowest BCUT2D eigenvalue weighted by Crippen LogP contribution is -2.47. The summed E-state index contributed by atoms with van der Waals surface area (Å²) < 4.78 is 32.5. The molecule has 0 bridgehead atoms. The van der Waals surface area contributed by atoms with Crippen molar-refractivity contribution < 1.29 is 17.9 Å². The van der Waals surface area contributed by atoms with Crippen molar-refractivity contribution in [1.82, 2.24) is 9.62 Å². The summed E-state index contributed by atoms with van der Waals surface area (Å²) in [6.07, 6.45) is 1.13. The lowest BCUT2D eigenvalue weighted by molar-refractivity contribution is -0.124. The first-order valence-electron chi connectivity index (χ1n) is 9.51. The summed E-state index contributed by atoms with van der Waals surface area (Å²) in [6, 6.07) is 12.0. The number of hydrogen-bond acceptors (Lipinski definition) is 4. The van der Waals surface area contributed by atoms with Crippen molar-refractivity contribution in [1.29, 1.82) is 0 Å². The molecule has 3 rings (SSSR count). The molecule has 6 nitrogen and oxygen atoms in total. The summed E-state index contributed by atoms with van der Waals surface area (Å²) >= 11 is 5.98. The second-order valence-corrected chi connectivity index (χ2v) is 9.60. The molecule has 0 aliphatic carbocycles. The van der Waals surface area contributed by atoms with Crippen LogP contribution < -0.4 is 10.1 Å². The minimum absolute atomic E-state index is 0.0671. The van der Waals surface area contributed by atoms with E-state index in [1.54, 1.807) is 42.5 Å². The summed E-state index contributed by atoms with van der Waals surface area (Å²) in [4.78, 5) is 12.5. The van der Waals surface area contributed by atoms with E-state index in [1.165, 1.54) is 4.31 Å². The highest BCUT2D eigenvalue weighted by Gasteiger charge is 2.29. The number of piperidine rings is 1. The number of sulfonamides is 1. The van der Waals surface area contributed by atoms with Gasteiger partial charge in [-0.2, -0.15) is 4.31 Å². The van der Waals surface area contributed by atoms with Gasteiger partial charge in [-0.15, -0.1) is 0 Å². The highest BCUT2D eigenvalue weighted by Crippen LogP contribution is 2.22. The molecule has 0 spiro atoms. The molecule has 0 atom stereocenters. The molecule has 2 aromatic carbocycles. The van der Waals surface area contributed by atoms with E-state index in [-0.39, 0.29) is 18.6 Å². The molecule has 0 saturated carbocycles. The molecule has 1 fully saturated rings. The van der Waals surface area contributed by atoms with Crippen molar-refractivity contribution in [2.24, 2.45) is 0 Å². The van der Waals surface area contributed by atoms with Gasteiger partial charge in [0.1, 0.15) is 5.75 Å². The van der Waals surface area contributed by atoms with Crippen molar-refractivity contribution in [2.75, 3.05) is 19.7 Å². The monoisotopic (exact) mass is 436 g/mol. The summed E-state index contributed by atoms with van der Waals surface area (Å²) in [5, 5.41) is 3.57. The van der Waals surface area contributed by atoms with Crippen molar-refractivity contribution >= 4 is 27.5 Å². The number of halogens is 1.